The van der Waals surface area contributed by atoms with Gasteiger partial charge in [0.2, 0.25) is 5.95 Å². The molecule has 4 rings (SSSR count). The van der Waals surface area contributed by atoms with Crippen LogP contribution < -0.4 is 15.5 Å². The predicted octanol–water partition coefficient (Wildman–Crippen LogP) is 5.28. The van der Waals surface area contributed by atoms with Crippen LogP contribution in [0.5, 0.6) is 0 Å². The maximum absolute atomic E-state index is 4.80. The summed E-state index contributed by atoms with van der Waals surface area (Å²) in [6.45, 7) is 2.28. The average Bonchev–Trinajstić information content (AvgIpc) is 2.82. The molecule has 0 unspecified atom stereocenters. The molecule has 0 amide bonds. The summed E-state index contributed by atoms with van der Waals surface area (Å²) in [4.78, 5) is 11.6. The molecule has 0 atom stereocenters. The predicted molar refractivity (Wildman–Crippen MR) is 135 cm³/mol. The minimum atomic E-state index is 0.466. The van der Waals surface area contributed by atoms with Gasteiger partial charge in [0.1, 0.15) is 5.82 Å². The SMILES string of the molecule is CN(C)c1nc(N[C@H]2CC[C@@H](CNCCCCc3ccccc3)CC2)nc2ccccc12. The van der Waals surface area contributed by atoms with Crippen molar-refractivity contribution in [1.82, 2.24) is 15.3 Å². The number of benzene rings is 2. The molecule has 0 aliphatic heterocycles. The zero-order valence-electron chi connectivity index (χ0n) is 19.6. The average molecular weight is 432 g/mol. The van der Waals surface area contributed by atoms with E-state index in [0.717, 1.165) is 41.7 Å². The van der Waals surface area contributed by atoms with E-state index in [1.54, 1.807) is 0 Å². The molecule has 1 fully saturated rings. The lowest BCUT2D eigenvalue weighted by Crippen LogP contribution is -2.32. The Morgan fingerprint density at radius 2 is 1.62 bits per heavy atom. The quantitative estimate of drug-likeness (QED) is 0.428. The third-order valence-electron chi connectivity index (χ3n) is 6.53. The molecule has 0 bridgehead atoms. The van der Waals surface area contributed by atoms with Crippen LogP contribution in [0.4, 0.5) is 11.8 Å². The molecule has 170 valence electrons. The highest BCUT2D eigenvalue weighted by Crippen LogP contribution is 2.28. The van der Waals surface area contributed by atoms with Crippen LogP contribution in [0.1, 0.15) is 44.1 Å². The van der Waals surface area contributed by atoms with Crippen LogP contribution >= 0.6 is 0 Å². The van der Waals surface area contributed by atoms with Crippen molar-refractivity contribution < 1.29 is 0 Å². The first-order valence-electron chi connectivity index (χ1n) is 12.1. The van der Waals surface area contributed by atoms with Gasteiger partial charge in [0.25, 0.3) is 0 Å². The number of para-hydroxylation sites is 1. The zero-order chi connectivity index (χ0) is 22.2. The molecule has 0 spiro atoms. The molecule has 2 aromatic carbocycles. The molecule has 32 heavy (non-hydrogen) atoms. The van der Waals surface area contributed by atoms with Crippen LogP contribution in [0.2, 0.25) is 0 Å². The van der Waals surface area contributed by atoms with Crippen molar-refractivity contribution in [3.8, 4) is 0 Å². The van der Waals surface area contributed by atoms with Gasteiger partial charge in [-0.05, 0) is 81.6 Å². The normalized spacial score (nSPS) is 18.6. The summed E-state index contributed by atoms with van der Waals surface area (Å²) in [5.74, 6) is 2.52. The lowest BCUT2D eigenvalue weighted by atomic mass is 9.86. The summed E-state index contributed by atoms with van der Waals surface area (Å²) in [5, 5.41) is 8.41. The summed E-state index contributed by atoms with van der Waals surface area (Å²) in [6.07, 6.45) is 8.60. The number of hydrogen-bond acceptors (Lipinski definition) is 5. The third-order valence-corrected chi connectivity index (χ3v) is 6.53. The molecular weight excluding hydrogens is 394 g/mol. The van der Waals surface area contributed by atoms with E-state index in [-0.39, 0.29) is 0 Å². The number of anilines is 2. The van der Waals surface area contributed by atoms with E-state index in [1.807, 2.05) is 26.2 Å². The molecule has 3 aromatic rings. The maximum atomic E-state index is 4.80. The van der Waals surface area contributed by atoms with E-state index < -0.39 is 0 Å². The van der Waals surface area contributed by atoms with E-state index in [1.165, 1.54) is 50.5 Å². The number of nitrogens with zero attached hydrogens (tertiary/aromatic N) is 3. The van der Waals surface area contributed by atoms with Gasteiger partial charge in [-0.3, -0.25) is 0 Å². The summed E-state index contributed by atoms with van der Waals surface area (Å²) < 4.78 is 0. The number of nitrogens with one attached hydrogen (secondary N) is 2. The topological polar surface area (TPSA) is 53.1 Å². The Kier molecular flexibility index (Phi) is 7.94. The third kappa shape index (κ3) is 6.19. The van der Waals surface area contributed by atoms with Gasteiger partial charge in [-0.25, -0.2) is 4.98 Å². The fourth-order valence-electron chi connectivity index (χ4n) is 4.69. The van der Waals surface area contributed by atoms with Gasteiger partial charge in [-0.15, -0.1) is 0 Å². The van der Waals surface area contributed by atoms with Gasteiger partial charge in [0.05, 0.1) is 5.52 Å². The Balaban J connectivity index is 1.17. The highest BCUT2D eigenvalue weighted by atomic mass is 15.2. The van der Waals surface area contributed by atoms with E-state index >= 15 is 0 Å². The molecule has 0 radical (unpaired) electrons. The van der Waals surface area contributed by atoms with Crippen molar-refractivity contribution in [2.75, 3.05) is 37.4 Å². The summed E-state index contributed by atoms with van der Waals surface area (Å²) in [5.41, 5.74) is 2.45. The Morgan fingerprint density at radius 3 is 2.41 bits per heavy atom. The van der Waals surface area contributed by atoms with Crippen LogP contribution in [-0.4, -0.2) is 43.2 Å². The number of aromatic nitrogens is 2. The van der Waals surface area contributed by atoms with Gasteiger partial charge in [-0.2, -0.15) is 4.98 Å². The molecule has 1 saturated carbocycles. The highest BCUT2D eigenvalue weighted by Gasteiger charge is 2.22. The fraction of sp³-hybridized carbons (Fsp3) is 0.481. The van der Waals surface area contributed by atoms with Crippen molar-refractivity contribution >= 4 is 22.7 Å². The van der Waals surface area contributed by atoms with E-state index in [0.29, 0.717) is 6.04 Å². The zero-order valence-corrected chi connectivity index (χ0v) is 19.6. The monoisotopic (exact) mass is 431 g/mol. The van der Waals surface area contributed by atoms with Gasteiger partial charge < -0.3 is 15.5 Å². The van der Waals surface area contributed by atoms with Crippen molar-refractivity contribution in [2.24, 2.45) is 5.92 Å². The maximum Gasteiger partial charge on any atom is 0.225 e. The molecule has 5 heteroatoms. The Bertz CT molecular complexity index is 964. The second-order valence-corrected chi connectivity index (χ2v) is 9.29. The molecule has 0 saturated heterocycles. The highest BCUT2D eigenvalue weighted by molar-refractivity contribution is 5.90. The number of aryl methyl sites for hydroxylation is 1. The van der Waals surface area contributed by atoms with Crippen LogP contribution in [0.15, 0.2) is 54.6 Å². The van der Waals surface area contributed by atoms with Crippen molar-refractivity contribution in [3.63, 3.8) is 0 Å². The number of rotatable bonds is 10. The van der Waals surface area contributed by atoms with Gasteiger partial charge >= 0.3 is 0 Å². The lowest BCUT2D eigenvalue weighted by Gasteiger charge is -2.29. The van der Waals surface area contributed by atoms with Gasteiger partial charge in [0, 0.05) is 25.5 Å². The van der Waals surface area contributed by atoms with Crippen molar-refractivity contribution in [2.45, 2.75) is 51.0 Å². The minimum Gasteiger partial charge on any atom is -0.362 e. The first-order valence-corrected chi connectivity index (χ1v) is 12.1. The molecule has 1 aliphatic carbocycles. The summed E-state index contributed by atoms with van der Waals surface area (Å²) in [7, 11) is 4.08. The van der Waals surface area contributed by atoms with Crippen LogP contribution in [0.25, 0.3) is 10.9 Å². The molecule has 2 N–H and O–H groups in total. The second-order valence-electron chi connectivity index (χ2n) is 9.29. The standard InChI is InChI=1S/C27H37N5/c1-32(2)26-24-13-6-7-14-25(24)30-27(31-26)29-23-17-15-22(16-18-23)20-28-19-9-8-12-21-10-4-3-5-11-21/h3-7,10-11,13-14,22-23,28H,8-9,12,15-20H2,1-2H3,(H,29,30,31)/t22-,23+. The molecule has 5 nitrogen and oxygen atoms in total. The minimum absolute atomic E-state index is 0.466. The lowest BCUT2D eigenvalue weighted by molar-refractivity contribution is 0.323. The van der Waals surface area contributed by atoms with Gasteiger partial charge in [0.15, 0.2) is 0 Å². The molecular formula is C27H37N5. The Hall–Kier alpha value is -2.66. The second kappa shape index (κ2) is 11.3. The number of hydrogen-bond donors (Lipinski definition) is 2. The van der Waals surface area contributed by atoms with Crippen molar-refractivity contribution in [3.05, 3.63) is 60.2 Å². The molecule has 1 heterocycles. The number of fused-ring (bicyclic) bond motifs is 1. The van der Waals surface area contributed by atoms with Gasteiger partial charge in [-0.1, -0.05) is 42.5 Å². The summed E-state index contributed by atoms with van der Waals surface area (Å²) >= 11 is 0. The van der Waals surface area contributed by atoms with E-state index in [2.05, 4.69) is 58.0 Å². The van der Waals surface area contributed by atoms with Crippen LogP contribution in [-0.2, 0) is 6.42 Å². The van der Waals surface area contributed by atoms with Crippen LogP contribution in [0, 0.1) is 5.92 Å². The van der Waals surface area contributed by atoms with Crippen LogP contribution in [0.3, 0.4) is 0 Å². The smallest absolute Gasteiger partial charge is 0.225 e. The Labute approximate surface area is 192 Å². The van der Waals surface area contributed by atoms with Crippen molar-refractivity contribution in [1.29, 1.82) is 0 Å². The molecule has 1 aromatic heterocycles. The first-order chi connectivity index (χ1) is 15.7. The molecule has 1 aliphatic rings. The Morgan fingerprint density at radius 1 is 0.875 bits per heavy atom. The summed E-state index contributed by atoms with van der Waals surface area (Å²) in [6, 6.07) is 19.5. The number of unbranched alkanes of at least 4 members (excludes halogenated alkanes) is 1. The fourth-order valence-corrected chi connectivity index (χ4v) is 4.69. The van der Waals surface area contributed by atoms with E-state index in [4.69, 9.17) is 9.97 Å². The largest absolute Gasteiger partial charge is 0.362 e. The first kappa shape index (κ1) is 22.5. The van der Waals surface area contributed by atoms with E-state index in [9.17, 15) is 0 Å².